The van der Waals surface area contributed by atoms with Crippen molar-refractivity contribution in [1.82, 2.24) is 16.0 Å². The molecule has 14 nitrogen and oxygen atoms in total. The first-order valence-electron chi connectivity index (χ1n) is 11.7. The van der Waals surface area contributed by atoms with Crippen molar-refractivity contribution >= 4 is 29.6 Å². The van der Waals surface area contributed by atoms with E-state index in [0.717, 1.165) is 0 Å². The van der Waals surface area contributed by atoms with Crippen LogP contribution in [0.2, 0.25) is 0 Å². The van der Waals surface area contributed by atoms with Crippen LogP contribution < -0.4 is 33.2 Å². The van der Waals surface area contributed by atoms with Gasteiger partial charge in [-0.1, -0.05) is 12.1 Å². The lowest BCUT2D eigenvalue weighted by Crippen LogP contribution is -2.58. The van der Waals surface area contributed by atoms with E-state index >= 15 is 0 Å². The zero-order valence-electron chi connectivity index (χ0n) is 20.4. The predicted molar refractivity (Wildman–Crippen MR) is 132 cm³/mol. The van der Waals surface area contributed by atoms with Crippen LogP contribution in [0, 0.1) is 0 Å². The number of hydrogen-bond acceptors (Lipinski definition) is 9. The average molecular weight is 525 g/mol. The molecule has 206 valence electrons. The third-order valence-corrected chi connectivity index (χ3v) is 5.42. The predicted octanol–water partition coefficient (Wildman–Crippen LogP) is -2.81. The molecular formula is C23H36N6O8. The molecular weight excluding hydrogens is 488 g/mol. The van der Waals surface area contributed by atoms with Crippen molar-refractivity contribution in [2.75, 3.05) is 13.2 Å². The Morgan fingerprint density at radius 3 is 1.95 bits per heavy atom. The number of nitrogens with one attached hydrogen (secondary N) is 3. The number of carboxylic acid groups (broad SMARTS) is 1. The number of aliphatic hydroxyl groups excluding tert-OH is 1. The fourth-order valence-electron chi connectivity index (χ4n) is 3.29. The van der Waals surface area contributed by atoms with Crippen LogP contribution >= 0.6 is 0 Å². The minimum absolute atomic E-state index is 0.00273. The molecule has 1 aromatic rings. The molecule has 0 saturated heterocycles. The molecule has 0 aromatic heterocycles. The lowest BCUT2D eigenvalue weighted by Gasteiger charge is -2.25. The van der Waals surface area contributed by atoms with Crippen molar-refractivity contribution in [3.63, 3.8) is 0 Å². The number of carboxylic acids is 1. The van der Waals surface area contributed by atoms with Gasteiger partial charge in [0.15, 0.2) is 0 Å². The van der Waals surface area contributed by atoms with Crippen LogP contribution in [-0.4, -0.2) is 82.2 Å². The molecule has 4 unspecified atom stereocenters. The third-order valence-electron chi connectivity index (χ3n) is 5.42. The van der Waals surface area contributed by atoms with Crippen molar-refractivity contribution < 1.29 is 39.3 Å². The number of phenolic OH excluding ortho intramolecular Hbond substituents is 1. The van der Waals surface area contributed by atoms with E-state index in [1.807, 2.05) is 0 Å². The first-order chi connectivity index (χ1) is 17.5. The second kappa shape index (κ2) is 16.1. The van der Waals surface area contributed by atoms with Crippen molar-refractivity contribution in [3.05, 3.63) is 29.8 Å². The number of primary amides is 1. The van der Waals surface area contributed by atoms with Crippen LogP contribution in [0.3, 0.4) is 0 Å². The summed E-state index contributed by atoms with van der Waals surface area (Å²) in [6.07, 6.45) is 0.531. The Hall–Kier alpha value is -3.75. The van der Waals surface area contributed by atoms with Gasteiger partial charge in [0, 0.05) is 12.8 Å². The van der Waals surface area contributed by atoms with Gasteiger partial charge in [-0.2, -0.15) is 0 Å². The zero-order chi connectivity index (χ0) is 28.0. The fourth-order valence-corrected chi connectivity index (χ4v) is 3.29. The molecule has 14 heteroatoms. The second-order valence-electron chi connectivity index (χ2n) is 8.47. The van der Waals surface area contributed by atoms with Gasteiger partial charge in [-0.15, -0.1) is 0 Å². The van der Waals surface area contributed by atoms with Gasteiger partial charge >= 0.3 is 5.97 Å². The van der Waals surface area contributed by atoms with Gasteiger partial charge in [0.25, 0.3) is 0 Å². The summed E-state index contributed by atoms with van der Waals surface area (Å²) in [5.74, 6) is -4.48. The monoisotopic (exact) mass is 524 g/mol. The minimum Gasteiger partial charge on any atom is -0.508 e. The van der Waals surface area contributed by atoms with E-state index in [-0.39, 0.29) is 31.4 Å². The molecule has 0 radical (unpaired) electrons. The Morgan fingerprint density at radius 2 is 1.41 bits per heavy atom. The Bertz CT molecular complexity index is 926. The summed E-state index contributed by atoms with van der Waals surface area (Å²) >= 11 is 0. The van der Waals surface area contributed by atoms with Crippen LogP contribution in [0.4, 0.5) is 0 Å². The zero-order valence-corrected chi connectivity index (χ0v) is 20.4. The summed E-state index contributed by atoms with van der Waals surface area (Å²) < 4.78 is 0. The summed E-state index contributed by atoms with van der Waals surface area (Å²) in [5.41, 5.74) is 16.7. The summed E-state index contributed by atoms with van der Waals surface area (Å²) in [7, 11) is 0. The van der Waals surface area contributed by atoms with E-state index in [9.17, 15) is 34.2 Å². The highest BCUT2D eigenvalue weighted by molar-refractivity contribution is 5.94. The maximum Gasteiger partial charge on any atom is 0.326 e. The largest absolute Gasteiger partial charge is 0.508 e. The molecule has 4 amide bonds. The van der Waals surface area contributed by atoms with Gasteiger partial charge in [-0.3, -0.25) is 19.2 Å². The van der Waals surface area contributed by atoms with Gasteiger partial charge in [0.1, 0.15) is 29.9 Å². The van der Waals surface area contributed by atoms with E-state index in [1.54, 1.807) is 0 Å². The first-order valence-corrected chi connectivity index (χ1v) is 11.7. The summed E-state index contributed by atoms with van der Waals surface area (Å²) in [5, 5.41) is 35.3. The Labute approximate surface area is 213 Å². The van der Waals surface area contributed by atoms with Gasteiger partial charge < -0.3 is 48.5 Å². The molecule has 0 bridgehead atoms. The van der Waals surface area contributed by atoms with Gasteiger partial charge in [-0.25, -0.2) is 4.79 Å². The van der Waals surface area contributed by atoms with E-state index < -0.39 is 60.4 Å². The standard InChI is InChI=1S/C23H36N6O8/c24-10-2-1-3-16(21(34)28-17(23(36)37)8-9-19(26)32)27-22(35)18(29-20(33)15(25)12-30)11-13-4-6-14(31)7-5-13/h4-7,15-18,30-31H,1-3,8-12,24-25H2,(H2,26,32)(H,27,35)(H,28,34)(H,29,33)(H,36,37). The van der Waals surface area contributed by atoms with Crippen molar-refractivity contribution in [2.45, 2.75) is 62.7 Å². The average Bonchev–Trinajstić information content (AvgIpc) is 2.85. The second-order valence-corrected chi connectivity index (χ2v) is 8.47. The molecule has 0 spiro atoms. The van der Waals surface area contributed by atoms with Crippen LogP contribution in [0.25, 0.3) is 0 Å². The number of carbonyl (C=O) groups is 5. The summed E-state index contributed by atoms with van der Waals surface area (Å²) in [6, 6.07) is 0.763. The van der Waals surface area contributed by atoms with E-state index in [0.29, 0.717) is 24.9 Å². The molecule has 1 aromatic carbocycles. The fraction of sp³-hybridized carbons (Fsp3) is 0.522. The molecule has 0 aliphatic rings. The van der Waals surface area contributed by atoms with E-state index in [1.165, 1.54) is 24.3 Å². The number of aliphatic carboxylic acids is 1. The van der Waals surface area contributed by atoms with Crippen molar-refractivity contribution in [3.8, 4) is 5.75 Å². The van der Waals surface area contributed by atoms with Crippen LogP contribution in [0.5, 0.6) is 5.75 Å². The maximum atomic E-state index is 13.2. The number of carbonyl (C=O) groups excluding carboxylic acids is 4. The number of aliphatic hydroxyl groups is 1. The number of nitrogens with two attached hydrogens (primary N) is 3. The molecule has 0 aliphatic heterocycles. The highest BCUT2D eigenvalue weighted by Gasteiger charge is 2.30. The quantitative estimate of drug-likeness (QED) is 0.0944. The van der Waals surface area contributed by atoms with E-state index in [4.69, 9.17) is 22.3 Å². The van der Waals surface area contributed by atoms with Crippen LogP contribution in [-0.2, 0) is 30.4 Å². The SMILES string of the molecule is NCCCCC(NC(=O)C(Cc1ccc(O)cc1)NC(=O)C(N)CO)C(=O)NC(CCC(N)=O)C(=O)O. The topological polar surface area (TPSA) is 260 Å². The number of hydrogen-bond donors (Lipinski definition) is 9. The number of unbranched alkanes of at least 4 members (excludes halogenated alkanes) is 1. The summed E-state index contributed by atoms with van der Waals surface area (Å²) in [6.45, 7) is -0.331. The maximum absolute atomic E-state index is 13.2. The molecule has 0 saturated carbocycles. The highest BCUT2D eigenvalue weighted by Crippen LogP contribution is 2.12. The summed E-state index contributed by atoms with van der Waals surface area (Å²) in [4.78, 5) is 61.0. The third kappa shape index (κ3) is 11.7. The molecule has 12 N–H and O–H groups in total. The number of rotatable bonds is 17. The Balaban J connectivity index is 3.10. The van der Waals surface area contributed by atoms with Crippen LogP contribution in [0.15, 0.2) is 24.3 Å². The van der Waals surface area contributed by atoms with Crippen molar-refractivity contribution in [2.24, 2.45) is 17.2 Å². The van der Waals surface area contributed by atoms with Crippen LogP contribution in [0.1, 0.15) is 37.7 Å². The molecule has 0 aliphatic carbocycles. The smallest absolute Gasteiger partial charge is 0.326 e. The minimum atomic E-state index is -1.41. The Morgan fingerprint density at radius 1 is 0.838 bits per heavy atom. The molecule has 0 fully saturated rings. The lowest BCUT2D eigenvalue weighted by molar-refractivity contribution is -0.142. The lowest BCUT2D eigenvalue weighted by atomic mass is 10.0. The molecule has 4 atom stereocenters. The molecule has 0 heterocycles. The number of amides is 4. The number of benzene rings is 1. The van der Waals surface area contributed by atoms with Gasteiger partial charge in [0.2, 0.25) is 23.6 Å². The molecule has 37 heavy (non-hydrogen) atoms. The first kappa shape index (κ1) is 31.3. The van der Waals surface area contributed by atoms with E-state index in [2.05, 4.69) is 16.0 Å². The van der Waals surface area contributed by atoms with Gasteiger partial charge in [0.05, 0.1) is 6.61 Å². The Kier molecular flexibility index (Phi) is 13.6. The normalized spacial score (nSPS) is 14.0. The number of phenols is 1. The van der Waals surface area contributed by atoms with Crippen molar-refractivity contribution in [1.29, 1.82) is 0 Å². The van der Waals surface area contributed by atoms with Gasteiger partial charge in [-0.05, 0) is 49.9 Å². The molecule has 1 rings (SSSR count). The highest BCUT2D eigenvalue weighted by atomic mass is 16.4. The number of aromatic hydroxyl groups is 1.